The molecule has 3 aliphatic carbocycles. The van der Waals surface area contributed by atoms with Crippen LogP contribution in [0.2, 0.25) is 0 Å². The van der Waals surface area contributed by atoms with Gasteiger partial charge in [0.05, 0.1) is 11.7 Å². The predicted molar refractivity (Wildman–Crippen MR) is 79.3 cm³/mol. The van der Waals surface area contributed by atoms with Crippen molar-refractivity contribution in [1.82, 2.24) is 5.32 Å². The molecule has 0 aromatic carbocycles. The van der Waals surface area contributed by atoms with Crippen LogP contribution in [-0.4, -0.2) is 24.3 Å². The molecular formula is C17H31NO. The lowest BCUT2D eigenvalue weighted by molar-refractivity contribution is -0.122. The summed E-state index contributed by atoms with van der Waals surface area (Å²) in [5.74, 6) is 0.826. The number of ether oxygens (including phenoxy) is 1. The van der Waals surface area contributed by atoms with Crippen LogP contribution in [-0.2, 0) is 4.74 Å². The zero-order valence-corrected chi connectivity index (χ0v) is 12.6. The van der Waals surface area contributed by atoms with Crippen molar-refractivity contribution >= 4 is 0 Å². The van der Waals surface area contributed by atoms with Gasteiger partial charge in [-0.1, -0.05) is 39.0 Å². The van der Waals surface area contributed by atoms with E-state index < -0.39 is 0 Å². The zero-order chi connectivity index (χ0) is 13.1. The highest BCUT2D eigenvalue weighted by molar-refractivity contribution is 4.94. The van der Waals surface area contributed by atoms with Crippen molar-refractivity contribution in [3.8, 4) is 0 Å². The van der Waals surface area contributed by atoms with E-state index in [1.54, 1.807) is 0 Å². The molecule has 2 unspecified atom stereocenters. The van der Waals surface area contributed by atoms with Gasteiger partial charge in [0.1, 0.15) is 0 Å². The summed E-state index contributed by atoms with van der Waals surface area (Å²) in [5.41, 5.74) is 0.192. The molecule has 0 saturated heterocycles. The van der Waals surface area contributed by atoms with E-state index >= 15 is 0 Å². The van der Waals surface area contributed by atoms with E-state index in [0.717, 1.165) is 18.5 Å². The minimum Gasteiger partial charge on any atom is -0.370 e. The molecule has 2 atom stereocenters. The fourth-order valence-electron chi connectivity index (χ4n) is 4.09. The van der Waals surface area contributed by atoms with Gasteiger partial charge < -0.3 is 10.1 Å². The zero-order valence-electron chi connectivity index (χ0n) is 12.6. The molecule has 0 amide bonds. The SMILES string of the molecule is CCC1CCCCC1OC1(CNC2CC2)CCCC1. The van der Waals surface area contributed by atoms with E-state index in [4.69, 9.17) is 4.74 Å². The van der Waals surface area contributed by atoms with Crippen LogP contribution < -0.4 is 5.32 Å². The summed E-state index contributed by atoms with van der Waals surface area (Å²) < 4.78 is 6.76. The number of rotatable bonds is 6. The lowest BCUT2D eigenvalue weighted by Gasteiger charge is -2.39. The van der Waals surface area contributed by atoms with Gasteiger partial charge in [-0.05, 0) is 44.4 Å². The van der Waals surface area contributed by atoms with Gasteiger partial charge in [-0.15, -0.1) is 0 Å². The first-order valence-corrected chi connectivity index (χ1v) is 8.72. The Hall–Kier alpha value is -0.0800. The van der Waals surface area contributed by atoms with Crippen molar-refractivity contribution in [2.24, 2.45) is 5.92 Å². The highest BCUT2D eigenvalue weighted by Crippen LogP contribution is 2.39. The van der Waals surface area contributed by atoms with Gasteiger partial charge in [0.2, 0.25) is 0 Å². The van der Waals surface area contributed by atoms with Crippen LogP contribution in [0, 0.1) is 5.92 Å². The molecule has 0 heterocycles. The Bertz CT molecular complexity index is 281. The molecule has 0 aromatic rings. The molecule has 110 valence electrons. The molecule has 0 aromatic heterocycles. The molecule has 19 heavy (non-hydrogen) atoms. The summed E-state index contributed by atoms with van der Waals surface area (Å²) in [5, 5.41) is 3.74. The second kappa shape index (κ2) is 6.13. The molecule has 3 aliphatic rings. The number of hydrogen-bond acceptors (Lipinski definition) is 2. The third kappa shape index (κ3) is 3.52. The Labute approximate surface area is 118 Å². The van der Waals surface area contributed by atoms with Crippen LogP contribution >= 0.6 is 0 Å². The van der Waals surface area contributed by atoms with Crippen molar-refractivity contribution in [2.75, 3.05) is 6.54 Å². The number of nitrogens with one attached hydrogen (secondary N) is 1. The van der Waals surface area contributed by atoms with Crippen LogP contribution in [0.3, 0.4) is 0 Å². The Morgan fingerprint density at radius 2 is 1.74 bits per heavy atom. The number of hydrogen-bond donors (Lipinski definition) is 1. The molecule has 1 N–H and O–H groups in total. The normalized spacial score (nSPS) is 34.6. The summed E-state index contributed by atoms with van der Waals surface area (Å²) in [4.78, 5) is 0. The summed E-state index contributed by atoms with van der Waals surface area (Å²) in [6, 6.07) is 0.814. The van der Waals surface area contributed by atoms with Gasteiger partial charge in [-0.3, -0.25) is 0 Å². The van der Waals surface area contributed by atoms with Gasteiger partial charge in [-0.2, -0.15) is 0 Å². The highest BCUT2D eigenvalue weighted by atomic mass is 16.5. The van der Waals surface area contributed by atoms with Crippen molar-refractivity contribution in [3.63, 3.8) is 0 Å². The summed E-state index contributed by atoms with van der Waals surface area (Å²) in [7, 11) is 0. The molecule has 0 aliphatic heterocycles. The van der Waals surface area contributed by atoms with Gasteiger partial charge in [0.25, 0.3) is 0 Å². The fourth-order valence-corrected chi connectivity index (χ4v) is 4.09. The van der Waals surface area contributed by atoms with Crippen LogP contribution in [0.25, 0.3) is 0 Å². The van der Waals surface area contributed by atoms with E-state index in [0.29, 0.717) is 6.10 Å². The van der Waals surface area contributed by atoms with Crippen LogP contribution in [0.5, 0.6) is 0 Å². The van der Waals surface area contributed by atoms with Crippen LogP contribution in [0.4, 0.5) is 0 Å². The average molecular weight is 265 g/mol. The van der Waals surface area contributed by atoms with E-state index in [2.05, 4.69) is 12.2 Å². The third-order valence-corrected chi connectivity index (χ3v) is 5.57. The molecule has 0 radical (unpaired) electrons. The Balaban J connectivity index is 1.58. The maximum absolute atomic E-state index is 6.76. The minimum absolute atomic E-state index is 0.192. The molecule has 3 rings (SSSR count). The smallest absolute Gasteiger partial charge is 0.0810 e. The maximum atomic E-state index is 6.76. The van der Waals surface area contributed by atoms with Crippen molar-refractivity contribution < 1.29 is 4.74 Å². The van der Waals surface area contributed by atoms with E-state index in [1.807, 2.05) is 0 Å². The molecule has 2 heteroatoms. The fraction of sp³-hybridized carbons (Fsp3) is 1.00. The van der Waals surface area contributed by atoms with Crippen molar-refractivity contribution in [2.45, 2.75) is 95.3 Å². The lowest BCUT2D eigenvalue weighted by atomic mass is 9.84. The largest absolute Gasteiger partial charge is 0.370 e. The van der Waals surface area contributed by atoms with E-state index in [1.165, 1.54) is 70.6 Å². The summed E-state index contributed by atoms with van der Waals surface area (Å²) >= 11 is 0. The second-order valence-corrected chi connectivity index (χ2v) is 7.15. The van der Waals surface area contributed by atoms with Gasteiger partial charge >= 0.3 is 0 Å². The monoisotopic (exact) mass is 265 g/mol. The van der Waals surface area contributed by atoms with Crippen LogP contribution in [0.15, 0.2) is 0 Å². The summed E-state index contributed by atoms with van der Waals surface area (Å²) in [6.07, 6.45) is 15.5. The second-order valence-electron chi connectivity index (χ2n) is 7.15. The van der Waals surface area contributed by atoms with Crippen LogP contribution in [0.1, 0.15) is 77.6 Å². The first-order valence-electron chi connectivity index (χ1n) is 8.72. The Morgan fingerprint density at radius 3 is 2.42 bits per heavy atom. The molecule has 0 spiro atoms. The quantitative estimate of drug-likeness (QED) is 0.782. The molecule has 0 bridgehead atoms. The maximum Gasteiger partial charge on any atom is 0.0810 e. The molecule has 3 saturated carbocycles. The van der Waals surface area contributed by atoms with Gasteiger partial charge in [0.15, 0.2) is 0 Å². The molecule has 3 fully saturated rings. The Morgan fingerprint density at radius 1 is 1.00 bits per heavy atom. The highest BCUT2D eigenvalue weighted by Gasteiger charge is 2.40. The topological polar surface area (TPSA) is 21.3 Å². The molecule has 2 nitrogen and oxygen atoms in total. The van der Waals surface area contributed by atoms with E-state index in [-0.39, 0.29) is 5.60 Å². The first-order chi connectivity index (χ1) is 9.31. The van der Waals surface area contributed by atoms with Gasteiger partial charge in [0, 0.05) is 12.6 Å². The molecular weight excluding hydrogens is 234 g/mol. The third-order valence-electron chi connectivity index (χ3n) is 5.57. The standard InChI is InChI=1S/C17H31NO/c1-2-14-7-3-4-8-16(14)19-17(11-5-6-12-17)13-18-15-9-10-15/h14-16,18H,2-13H2,1H3. The average Bonchev–Trinajstić information content (AvgIpc) is 3.17. The lowest BCUT2D eigenvalue weighted by Crippen LogP contribution is -2.46. The van der Waals surface area contributed by atoms with Gasteiger partial charge in [-0.25, -0.2) is 0 Å². The van der Waals surface area contributed by atoms with E-state index in [9.17, 15) is 0 Å². The Kier molecular flexibility index (Phi) is 4.48. The summed E-state index contributed by atoms with van der Waals surface area (Å²) in [6.45, 7) is 3.46. The van der Waals surface area contributed by atoms with Crippen molar-refractivity contribution in [3.05, 3.63) is 0 Å². The minimum atomic E-state index is 0.192. The van der Waals surface area contributed by atoms with Crippen molar-refractivity contribution in [1.29, 1.82) is 0 Å². The first kappa shape index (κ1) is 13.9. The predicted octanol–water partition coefficient (Wildman–Crippen LogP) is 4.04.